The van der Waals surface area contributed by atoms with Crippen LogP contribution in [0.5, 0.6) is 0 Å². The van der Waals surface area contributed by atoms with Crippen molar-refractivity contribution in [2.45, 2.75) is 10.3 Å². The first-order chi connectivity index (χ1) is 10.1. The largest absolute Gasteiger partial charge is 0.323 e. The van der Waals surface area contributed by atoms with Crippen molar-refractivity contribution >= 4 is 31.9 Å². The molecular formula is C16H15NO2S2. The highest BCUT2D eigenvalue weighted by atomic mass is 32.2. The van der Waals surface area contributed by atoms with Crippen LogP contribution in [0.2, 0.25) is 0 Å². The van der Waals surface area contributed by atoms with Gasteiger partial charge in [-0.3, -0.25) is 0 Å². The molecular weight excluding hydrogens is 302 g/mol. The summed E-state index contributed by atoms with van der Waals surface area (Å²) in [6.07, 6.45) is 0. The van der Waals surface area contributed by atoms with E-state index in [9.17, 15) is 8.42 Å². The molecule has 1 aromatic heterocycles. The topological polar surface area (TPSA) is 60.2 Å². The molecule has 0 fully saturated rings. The highest BCUT2D eigenvalue weighted by Crippen LogP contribution is 2.24. The van der Waals surface area contributed by atoms with Crippen molar-refractivity contribution in [2.24, 2.45) is 5.73 Å². The lowest BCUT2D eigenvalue weighted by molar-refractivity contribution is 0.591. The summed E-state index contributed by atoms with van der Waals surface area (Å²) in [4.78, 5) is 0. The van der Waals surface area contributed by atoms with Crippen molar-refractivity contribution in [2.75, 3.05) is 5.75 Å². The Labute approximate surface area is 128 Å². The molecule has 2 aromatic carbocycles. The highest BCUT2D eigenvalue weighted by molar-refractivity contribution is 7.93. The molecule has 3 rings (SSSR count). The number of thiophene rings is 1. The van der Waals surface area contributed by atoms with Crippen LogP contribution in [0.1, 0.15) is 11.6 Å². The van der Waals surface area contributed by atoms with Crippen LogP contribution in [0.15, 0.2) is 64.2 Å². The maximum atomic E-state index is 12.3. The number of benzene rings is 2. The van der Waals surface area contributed by atoms with E-state index >= 15 is 0 Å². The maximum absolute atomic E-state index is 12.3. The van der Waals surface area contributed by atoms with Gasteiger partial charge >= 0.3 is 0 Å². The monoisotopic (exact) mass is 317 g/mol. The number of nitrogens with two attached hydrogens (primary N) is 1. The summed E-state index contributed by atoms with van der Waals surface area (Å²) in [5, 5.41) is 3.95. The number of sulfone groups is 1. The van der Waals surface area contributed by atoms with Crippen LogP contribution in [0, 0.1) is 0 Å². The van der Waals surface area contributed by atoms with Gasteiger partial charge in [0.15, 0.2) is 9.84 Å². The summed E-state index contributed by atoms with van der Waals surface area (Å²) in [7, 11) is -3.32. The van der Waals surface area contributed by atoms with Gasteiger partial charge in [-0.25, -0.2) is 8.42 Å². The third-order valence-corrected chi connectivity index (χ3v) is 6.66. The van der Waals surface area contributed by atoms with Gasteiger partial charge in [-0.1, -0.05) is 42.5 Å². The van der Waals surface area contributed by atoms with E-state index in [4.69, 9.17) is 5.73 Å². The van der Waals surface area contributed by atoms with Gasteiger partial charge in [0.2, 0.25) is 0 Å². The van der Waals surface area contributed by atoms with Crippen molar-refractivity contribution in [3.8, 4) is 0 Å². The van der Waals surface area contributed by atoms with E-state index in [1.165, 1.54) is 11.3 Å². The molecule has 5 heteroatoms. The van der Waals surface area contributed by atoms with E-state index in [0.717, 1.165) is 16.3 Å². The second-order valence-corrected chi connectivity index (χ2v) is 8.14. The second kappa shape index (κ2) is 5.60. The average molecular weight is 317 g/mol. The molecule has 0 aliphatic carbocycles. The summed E-state index contributed by atoms with van der Waals surface area (Å²) >= 11 is 1.23. The smallest absolute Gasteiger partial charge is 0.189 e. The number of hydrogen-bond acceptors (Lipinski definition) is 4. The summed E-state index contributed by atoms with van der Waals surface area (Å²) < 4.78 is 24.9. The van der Waals surface area contributed by atoms with E-state index in [0.29, 0.717) is 4.21 Å². The summed E-state index contributed by atoms with van der Waals surface area (Å²) in [5.41, 5.74) is 6.95. The molecule has 0 amide bonds. The lowest BCUT2D eigenvalue weighted by Crippen LogP contribution is -2.21. The summed E-state index contributed by atoms with van der Waals surface area (Å²) in [6.45, 7) is 0. The Kier molecular flexibility index (Phi) is 3.80. The number of rotatable bonds is 4. The standard InChI is InChI=1S/C16H15NO2S2/c17-15(11-21(18,19)16-6-3-9-20-16)14-8-7-12-4-1-2-5-13(12)10-14/h1-10,15H,11,17H2. The van der Waals surface area contributed by atoms with E-state index < -0.39 is 15.9 Å². The van der Waals surface area contributed by atoms with Crippen molar-refractivity contribution in [3.63, 3.8) is 0 Å². The van der Waals surface area contributed by atoms with E-state index in [1.807, 2.05) is 42.5 Å². The van der Waals surface area contributed by atoms with Crippen LogP contribution < -0.4 is 5.73 Å². The Bertz CT molecular complexity index is 855. The van der Waals surface area contributed by atoms with Crippen molar-refractivity contribution < 1.29 is 8.42 Å². The van der Waals surface area contributed by atoms with Crippen LogP contribution in [0.4, 0.5) is 0 Å². The quantitative estimate of drug-likeness (QED) is 0.802. The van der Waals surface area contributed by atoms with Crippen molar-refractivity contribution in [1.29, 1.82) is 0 Å². The Morgan fingerprint density at radius 2 is 1.76 bits per heavy atom. The molecule has 0 bridgehead atoms. The zero-order valence-corrected chi connectivity index (χ0v) is 12.9. The minimum Gasteiger partial charge on any atom is -0.323 e. The highest BCUT2D eigenvalue weighted by Gasteiger charge is 2.20. The zero-order chi connectivity index (χ0) is 14.9. The third-order valence-electron chi connectivity index (χ3n) is 3.40. The average Bonchev–Trinajstić information content (AvgIpc) is 3.01. The molecule has 1 atom stereocenters. The minimum atomic E-state index is -3.32. The zero-order valence-electron chi connectivity index (χ0n) is 11.3. The molecule has 2 N–H and O–H groups in total. The van der Waals surface area contributed by atoms with Gasteiger partial charge < -0.3 is 5.73 Å². The van der Waals surface area contributed by atoms with Crippen LogP contribution in [-0.4, -0.2) is 14.2 Å². The summed E-state index contributed by atoms with van der Waals surface area (Å²) in [5.74, 6) is -0.0775. The first-order valence-corrected chi connectivity index (χ1v) is 9.10. The first-order valence-electron chi connectivity index (χ1n) is 6.57. The molecule has 1 heterocycles. The fourth-order valence-corrected chi connectivity index (χ4v) is 4.81. The molecule has 0 aliphatic heterocycles. The van der Waals surface area contributed by atoms with Gasteiger partial charge in [-0.2, -0.15) is 0 Å². The van der Waals surface area contributed by atoms with Gasteiger partial charge in [0.05, 0.1) is 5.75 Å². The normalized spacial score (nSPS) is 13.4. The number of hydrogen-bond donors (Lipinski definition) is 1. The molecule has 21 heavy (non-hydrogen) atoms. The minimum absolute atomic E-state index is 0.0775. The van der Waals surface area contributed by atoms with Crippen LogP contribution in [0.3, 0.4) is 0 Å². The SMILES string of the molecule is NC(CS(=O)(=O)c1cccs1)c1ccc2ccccc2c1. The molecule has 0 radical (unpaired) electrons. The fraction of sp³-hybridized carbons (Fsp3) is 0.125. The lowest BCUT2D eigenvalue weighted by Gasteiger charge is -2.12. The molecule has 0 aliphatic rings. The second-order valence-electron chi connectivity index (χ2n) is 4.93. The third kappa shape index (κ3) is 3.00. The van der Waals surface area contributed by atoms with Crippen molar-refractivity contribution in [3.05, 3.63) is 65.5 Å². The fourth-order valence-electron chi connectivity index (χ4n) is 2.29. The van der Waals surface area contributed by atoms with Crippen LogP contribution in [-0.2, 0) is 9.84 Å². The Hall–Kier alpha value is -1.69. The molecule has 1 unspecified atom stereocenters. The van der Waals surface area contributed by atoms with Gasteiger partial charge in [0.25, 0.3) is 0 Å². The molecule has 0 saturated carbocycles. The van der Waals surface area contributed by atoms with Gasteiger partial charge in [0.1, 0.15) is 4.21 Å². The van der Waals surface area contributed by atoms with Gasteiger partial charge in [0, 0.05) is 6.04 Å². The van der Waals surface area contributed by atoms with Crippen LogP contribution >= 0.6 is 11.3 Å². The van der Waals surface area contributed by atoms with Crippen LogP contribution in [0.25, 0.3) is 10.8 Å². The first kappa shape index (κ1) is 14.3. The Morgan fingerprint density at radius 1 is 1.00 bits per heavy atom. The Morgan fingerprint density at radius 3 is 2.48 bits per heavy atom. The molecule has 108 valence electrons. The van der Waals surface area contributed by atoms with Gasteiger partial charge in [-0.05, 0) is 33.8 Å². The molecule has 0 saturated heterocycles. The van der Waals surface area contributed by atoms with E-state index in [2.05, 4.69) is 0 Å². The molecule has 3 nitrogen and oxygen atoms in total. The van der Waals surface area contributed by atoms with E-state index in [-0.39, 0.29) is 5.75 Å². The van der Waals surface area contributed by atoms with Crippen molar-refractivity contribution in [1.82, 2.24) is 0 Å². The lowest BCUT2D eigenvalue weighted by atomic mass is 10.0. The molecule has 0 spiro atoms. The van der Waals surface area contributed by atoms with Gasteiger partial charge in [-0.15, -0.1) is 11.3 Å². The predicted molar refractivity (Wildman–Crippen MR) is 87.2 cm³/mol. The Balaban J connectivity index is 1.89. The summed E-state index contributed by atoms with van der Waals surface area (Å²) in [6, 6.07) is 16.6. The maximum Gasteiger partial charge on any atom is 0.189 e. The number of fused-ring (bicyclic) bond motifs is 1. The van der Waals surface area contributed by atoms with E-state index in [1.54, 1.807) is 17.5 Å². The predicted octanol–water partition coefficient (Wildman–Crippen LogP) is 3.38. The molecule has 3 aromatic rings.